The third-order valence-corrected chi connectivity index (χ3v) is 5.74. The molecule has 9 nitrogen and oxygen atoms in total. The Morgan fingerprint density at radius 2 is 1.67 bits per heavy atom. The molecule has 0 aliphatic heterocycles. The van der Waals surface area contributed by atoms with Crippen LogP contribution in [-0.4, -0.2) is 27.6 Å². The highest BCUT2D eigenvalue weighted by atomic mass is 19.1. The Morgan fingerprint density at radius 3 is 2.38 bits per heavy atom. The lowest BCUT2D eigenvalue weighted by Crippen LogP contribution is -2.25. The van der Waals surface area contributed by atoms with Crippen molar-refractivity contribution in [2.24, 2.45) is 5.73 Å². The minimum absolute atomic E-state index is 0.00616. The number of benzene rings is 3. The van der Waals surface area contributed by atoms with Gasteiger partial charge in [0.05, 0.1) is 11.4 Å². The van der Waals surface area contributed by atoms with Crippen molar-refractivity contribution >= 4 is 17.0 Å². The van der Waals surface area contributed by atoms with Gasteiger partial charge in [0.25, 0.3) is 5.56 Å². The first kappa shape index (κ1) is 29.2. The highest BCUT2D eigenvalue weighted by molar-refractivity contribution is 5.92. The van der Waals surface area contributed by atoms with Crippen LogP contribution in [0.1, 0.15) is 0 Å². The summed E-state index contributed by atoms with van der Waals surface area (Å²) in [6, 6.07) is 20.6. The van der Waals surface area contributed by atoms with E-state index in [0.717, 1.165) is 16.7 Å². The summed E-state index contributed by atoms with van der Waals surface area (Å²) in [6.07, 6.45) is 1.25. The van der Waals surface area contributed by atoms with Gasteiger partial charge in [0.15, 0.2) is 17.7 Å². The van der Waals surface area contributed by atoms with E-state index in [0.29, 0.717) is 18.2 Å². The minimum atomic E-state index is -0.847. The molecule has 2 aromatic heterocycles. The van der Waals surface area contributed by atoms with Gasteiger partial charge < -0.3 is 21.1 Å². The van der Waals surface area contributed by atoms with Crippen molar-refractivity contribution in [2.45, 2.75) is 0 Å². The summed E-state index contributed by atoms with van der Waals surface area (Å²) in [6.45, 7) is 4.46. The molecule has 42 heavy (non-hydrogen) atoms. The second-order valence-electron chi connectivity index (χ2n) is 8.54. The second-order valence-corrected chi connectivity index (χ2v) is 8.54. The lowest BCUT2D eigenvalue weighted by Gasteiger charge is -2.15. The van der Waals surface area contributed by atoms with Crippen LogP contribution in [0.25, 0.3) is 28.0 Å². The van der Waals surface area contributed by atoms with Crippen molar-refractivity contribution in [3.63, 3.8) is 0 Å². The van der Waals surface area contributed by atoms with E-state index in [4.69, 9.17) is 10.00 Å². The predicted octanol–water partition coefficient (Wildman–Crippen LogP) is 4.84. The molecule has 0 radical (unpaired) electrons. The number of halogens is 3. The van der Waals surface area contributed by atoms with Gasteiger partial charge >= 0.3 is 0 Å². The number of nitrogens with two attached hydrogens (primary N) is 1. The fraction of sp³-hybridized carbons (Fsp3) is 0.0667. The Hall–Kier alpha value is -5.83. The van der Waals surface area contributed by atoms with Gasteiger partial charge in [-0.1, -0.05) is 30.3 Å². The van der Waals surface area contributed by atoms with Crippen LogP contribution in [-0.2, 0) is 0 Å². The topological polar surface area (TPSA) is 131 Å². The number of hydrogen-bond donors (Lipinski definition) is 3. The highest BCUT2D eigenvalue weighted by Gasteiger charge is 2.19. The molecule has 5 aromatic rings. The average Bonchev–Trinajstić information content (AvgIpc) is 2.96. The summed E-state index contributed by atoms with van der Waals surface area (Å²) in [7, 11) is 0. The average molecular weight is 572 g/mol. The second kappa shape index (κ2) is 13.5. The van der Waals surface area contributed by atoms with Gasteiger partial charge in [0.1, 0.15) is 23.2 Å². The molecule has 0 fully saturated rings. The Labute approximate surface area is 238 Å². The number of fused-ring (bicyclic) bond motifs is 1. The van der Waals surface area contributed by atoms with Gasteiger partial charge in [0, 0.05) is 36.2 Å². The van der Waals surface area contributed by atoms with Crippen LogP contribution >= 0.6 is 0 Å². The van der Waals surface area contributed by atoms with E-state index < -0.39 is 23.0 Å². The molecule has 0 spiro atoms. The van der Waals surface area contributed by atoms with Gasteiger partial charge in [-0.2, -0.15) is 10.2 Å². The van der Waals surface area contributed by atoms with E-state index in [1.54, 1.807) is 18.2 Å². The van der Waals surface area contributed by atoms with Crippen LogP contribution in [0.3, 0.4) is 0 Å². The lowest BCUT2D eigenvalue weighted by atomic mass is 10.1. The lowest BCUT2D eigenvalue weighted by molar-refractivity contribution is 0.385. The SMILES string of the molecule is C=C(NCCNc1nc(-c2ccc(F)cc2F)c2ccc(=O)n(-c3ccccc3F)c2n1)Oc1ccccc1.N#CN. The fourth-order valence-corrected chi connectivity index (χ4v) is 3.99. The monoisotopic (exact) mass is 571 g/mol. The minimum Gasteiger partial charge on any atom is -0.442 e. The maximum atomic E-state index is 14.9. The maximum Gasteiger partial charge on any atom is 0.256 e. The van der Waals surface area contributed by atoms with Gasteiger partial charge in [-0.25, -0.2) is 18.2 Å². The van der Waals surface area contributed by atoms with E-state index in [-0.39, 0.29) is 40.5 Å². The highest BCUT2D eigenvalue weighted by Crippen LogP contribution is 2.30. The summed E-state index contributed by atoms with van der Waals surface area (Å²) in [4.78, 5) is 21.8. The van der Waals surface area contributed by atoms with Crippen molar-refractivity contribution in [1.29, 1.82) is 5.26 Å². The van der Waals surface area contributed by atoms with Gasteiger partial charge in [0.2, 0.25) is 5.95 Å². The molecule has 0 amide bonds. The number of nitrogens with one attached hydrogen (secondary N) is 2. The largest absolute Gasteiger partial charge is 0.442 e. The number of anilines is 1. The van der Waals surface area contributed by atoms with Crippen LogP contribution in [0, 0.1) is 28.9 Å². The van der Waals surface area contributed by atoms with Crippen molar-refractivity contribution < 1.29 is 17.9 Å². The zero-order valence-corrected chi connectivity index (χ0v) is 22.0. The van der Waals surface area contributed by atoms with Crippen molar-refractivity contribution in [1.82, 2.24) is 19.9 Å². The van der Waals surface area contributed by atoms with E-state index in [1.807, 2.05) is 18.2 Å². The number of hydrogen-bond acceptors (Lipinski definition) is 8. The van der Waals surface area contributed by atoms with Crippen molar-refractivity contribution in [3.05, 3.63) is 125 Å². The molecule has 0 unspecified atom stereocenters. The van der Waals surface area contributed by atoms with Crippen molar-refractivity contribution in [3.8, 4) is 28.9 Å². The summed E-state index contributed by atoms with van der Waals surface area (Å²) < 4.78 is 49.9. The normalized spacial score (nSPS) is 10.2. The Kier molecular flexibility index (Phi) is 9.37. The summed E-state index contributed by atoms with van der Waals surface area (Å²) >= 11 is 0. The van der Waals surface area contributed by atoms with Crippen LogP contribution in [0.15, 0.2) is 102 Å². The summed E-state index contributed by atoms with van der Waals surface area (Å²) in [5.41, 5.74) is 3.73. The Bertz CT molecular complexity index is 1820. The zero-order chi connectivity index (χ0) is 30.1. The number of nitriles is 1. The molecule has 12 heteroatoms. The number of para-hydroxylation sites is 2. The molecule has 2 heterocycles. The van der Waals surface area contributed by atoms with Gasteiger partial charge in [-0.15, -0.1) is 0 Å². The molecular weight excluding hydrogens is 547 g/mol. The Balaban J connectivity index is 0.00000129. The molecule has 0 aliphatic carbocycles. The van der Waals surface area contributed by atoms with Crippen LogP contribution in [0.5, 0.6) is 5.75 Å². The molecule has 3 aromatic carbocycles. The molecular formula is C30H24F3N7O2. The molecule has 4 N–H and O–H groups in total. The third kappa shape index (κ3) is 6.83. The molecule has 0 atom stereocenters. The fourth-order valence-electron chi connectivity index (χ4n) is 3.99. The van der Waals surface area contributed by atoms with Crippen LogP contribution in [0.2, 0.25) is 0 Å². The van der Waals surface area contributed by atoms with E-state index in [1.165, 1.54) is 42.6 Å². The standard InChI is InChI=1S/C29H22F3N5O2.CH2N2/c1-18(39-20-7-3-2-4-8-20)33-15-16-34-29-35-27(21-12-11-19(30)17-24(21)32)22-13-14-26(38)37(28(22)36-29)25-10-6-5-9-23(25)31;2-1-3/h2-14,17,33H,1,15-16H2,(H,34,35,36);2H2. The number of pyridine rings is 1. The number of nitrogens with zero attached hydrogens (tertiary/aromatic N) is 4. The van der Waals surface area contributed by atoms with E-state index >= 15 is 0 Å². The number of aromatic nitrogens is 3. The van der Waals surface area contributed by atoms with E-state index in [2.05, 4.69) is 32.9 Å². The summed E-state index contributed by atoms with van der Waals surface area (Å²) in [5, 5.41) is 13.4. The molecule has 0 saturated heterocycles. The van der Waals surface area contributed by atoms with E-state index in [9.17, 15) is 18.0 Å². The Morgan fingerprint density at radius 1 is 0.952 bits per heavy atom. The molecule has 0 saturated carbocycles. The maximum absolute atomic E-state index is 14.9. The van der Waals surface area contributed by atoms with Crippen LogP contribution < -0.4 is 26.7 Å². The molecule has 212 valence electrons. The molecule has 0 aliphatic rings. The van der Waals surface area contributed by atoms with Crippen LogP contribution in [0.4, 0.5) is 19.1 Å². The first-order valence-electron chi connectivity index (χ1n) is 12.5. The van der Waals surface area contributed by atoms with Gasteiger partial charge in [-0.05, 0) is 49.0 Å². The molecule has 0 bridgehead atoms. The van der Waals surface area contributed by atoms with Gasteiger partial charge in [-0.3, -0.25) is 9.36 Å². The zero-order valence-electron chi connectivity index (χ0n) is 22.0. The molecule has 5 rings (SSSR count). The smallest absolute Gasteiger partial charge is 0.256 e. The summed E-state index contributed by atoms with van der Waals surface area (Å²) in [5.74, 6) is -1.24. The quantitative estimate of drug-likeness (QED) is 0.0992. The first-order chi connectivity index (χ1) is 20.3. The number of rotatable bonds is 9. The number of ether oxygens (including phenoxy) is 1. The predicted molar refractivity (Wildman–Crippen MR) is 153 cm³/mol. The first-order valence-corrected chi connectivity index (χ1v) is 12.5. The third-order valence-electron chi connectivity index (χ3n) is 5.74. The van der Waals surface area contributed by atoms with Crippen molar-refractivity contribution in [2.75, 3.05) is 18.4 Å².